The second kappa shape index (κ2) is 12.6. The van der Waals surface area contributed by atoms with Crippen LogP contribution in [0.1, 0.15) is 96.0 Å². The highest BCUT2D eigenvalue weighted by molar-refractivity contribution is 9.10. The summed E-state index contributed by atoms with van der Waals surface area (Å²) in [4.78, 5) is 11.9. The van der Waals surface area contributed by atoms with Gasteiger partial charge < -0.3 is 15.5 Å². The summed E-state index contributed by atoms with van der Waals surface area (Å²) < 4.78 is 0.855. The number of fused-ring (bicyclic) bond motifs is 1. The second-order valence-corrected chi connectivity index (χ2v) is 9.45. The lowest BCUT2D eigenvalue weighted by Crippen LogP contribution is -2.41. The number of aliphatic hydroxyl groups is 1. The Kier molecular flexibility index (Phi) is 10.5. The molecule has 29 heavy (non-hydrogen) atoms. The summed E-state index contributed by atoms with van der Waals surface area (Å²) in [6.45, 7) is 2.51. The van der Waals surface area contributed by atoms with Gasteiger partial charge in [0.15, 0.2) is 0 Å². The number of carbonyl (C=O) groups is 1. The molecule has 1 aliphatic heterocycles. The number of unbranched alkanes of at least 4 members (excludes halogenated alkanes) is 11. The SMILES string of the molecule is CCCCCCCCCCCCCCC(C(=O)O)C1(O)CNc2ccc(Br)cc21. The van der Waals surface area contributed by atoms with Crippen LogP contribution in [-0.4, -0.2) is 22.7 Å². The van der Waals surface area contributed by atoms with Crippen molar-refractivity contribution in [1.82, 2.24) is 0 Å². The summed E-state index contributed by atoms with van der Waals surface area (Å²) in [5.74, 6) is -1.70. The number of halogens is 1. The molecule has 2 unspecified atom stereocenters. The molecule has 0 saturated carbocycles. The maximum atomic E-state index is 11.9. The fourth-order valence-corrected chi connectivity index (χ4v) is 4.78. The zero-order valence-corrected chi connectivity index (χ0v) is 19.5. The lowest BCUT2D eigenvalue weighted by atomic mass is 9.79. The normalized spacial score (nSPS) is 19.0. The average Bonchev–Trinajstić information content (AvgIpc) is 3.02. The molecular formula is C24H38BrNO3. The highest BCUT2D eigenvalue weighted by atomic mass is 79.9. The van der Waals surface area contributed by atoms with Crippen molar-refractivity contribution in [3.8, 4) is 0 Å². The zero-order valence-electron chi connectivity index (χ0n) is 17.9. The van der Waals surface area contributed by atoms with E-state index in [-0.39, 0.29) is 6.54 Å². The molecule has 3 N–H and O–H groups in total. The van der Waals surface area contributed by atoms with Crippen LogP contribution >= 0.6 is 15.9 Å². The largest absolute Gasteiger partial charge is 0.481 e. The first-order chi connectivity index (χ1) is 14.0. The lowest BCUT2D eigenvalue weighted by Gasteiger charge is -2.30. The first kappa shape index (κ1) is 24.2. The third-order valence-corrected chi connectivity index (χ3v) is 6.71. The van der Waals surface area contributed by atoms with Crippen LogP contribution in [0.3, 0.4) is 0 Å². The standard InChI is InChI=1S/C24H38BrNO3/c1-2-3-4-5-6-7-8-9-10-11-12-13-14-20(23(27)28)24(29)18-26-22-16-15-19(25)17-21(22)24/h15-17,20,26,29H,2-14,18H2,1H3,(H,27,28). The van der Waals surface area contributed by atoms with Gasteiger partial charge in [0.2, 0.25) is 0 Å². The van der Waals surface area contributed by atoms with E-state index in [1.165, 1.54) is 57.8 Å². The van der Waals surface area contributed by atoms with Gasteiger partial charge in [-0.3, -0.25) is 4.79 Å². The molecule has 4 nitrogen and oxygen atoms in total. The molecule has 0 fully saturated rings. The highest BCUT2D eigenvalue weighted by Crippen LogP contribution is 2.43. The molecule has 1 heterocycles. The van der Waals surface area contributed by atoms with Crippen molar-refractivity contribution in [2.75, 3.05) is 11.9 Å². The zero-order chi connectivity index (χ0) is 21.1. The molecule has 0 aromatic heterocycles. The molecule has 0 amide bonds. The summed E-state index contributed by atoms with van der Waals surface area (Å²) in [6, 6.07) is 5.63. The minimum atomic E-state index is -1.34. The molecule has 5 heteroatoms. The smallest absolute Gasteiger partial charge is 0.309 e. The molecule has 0 spiro atoms. The minimum absolute atomic E-state index is 0.258. The van der Waals surface area contributed by atoms with Crippen molar-refractivity contribution >= 4 is 27.6 Å². The van der Waals surface area contributed by atoms with Crippen LogP contribution in [0.4, 0.5) is 5.69 Å². The van der Waals surface area contributed by atoms with Crippen molar-refractivity contribution in [2.24, 2.45) is 5.92 Å². The topological polar surface area (TPSA) is 69.6 Å². The van der Waals surface area contributed by atoms with Gasteiger partial charge >= 0.3 is 5.97 Å². The van der Waals surface area contributed by atoms with Gasteiger partial charge in [0.1, 0.15) is 5.60 Å². The molecule has 2 atom stereocenters. The fraction of sp³-hybridized carbons (Fsp3) is 0.708. The van der Waals surface area contributed by atoms with Crippen LogP contribution in [0.15, 0.2) is 22.7 Å². The fourth-order valence-electron chi connectivity index (χ4n) is 4.42. The van der Waals surface area contributed by atoms with Gasteiger partial charge in [-0.1, -0.05) is 99.9 Å². The van der Waals surface area contributed by atoms with E-state index in [1.807, 2.05) is 18.2 Å². The summed E-state index contributed by atoms with van der Waals surface area (Å²) in [6.07, 6.45) is 15.5. The Hall–Kier alpha value is -1.07. The van der Waals surface area contributed by atoms with Gasteiger partial charge in [-0.05, 0) is 24.6 Å². The molecular weight excluding hydrogens is 430 g/mol. The van der Waals surface area contributed by atoms with E-state index in [0.717, 1.165) is 29.4 Å². The van der Waals surface area contributed by atoms with Gasteiger partial charge in [0.25, 0.3) is 0 Å². The van der Waals surface area contributed by atoms with Crippen LogP contribution in [0.25, 0.3) is 0 Å². The number of carboxylic acids is 1. The molecule has 1 aromatic rings. The third-order valence-electron chi connectivity index (χ3n) is 6.22. The van der Waals surface area contributed by atoms with E-state index in [4.69, 9.17) is 0 Å². The van der Waals surface area contributed by atoms with Crippen molar-refractivity contribution < 1.29 is 15.0 Å². The average molecular weight is 468 g/mol. The van der Waals surface area contributed by atoms with Crippen molar-refractivity contribution in [2.45, 2.75) is 96.0 Å². The number of hydrogen-bond donors (Lipinski definition) is 3. The Morgan fingerprint density at radius 1 is 1.03 bits per heavy atom. The number of hydrogen-bond acceptors (Lipinski definition) is 3. The Morgan fingerprint density at radius 2 is 1.59 bits per heavy atom. The Balaban J connectivity index is 1.67. The van der Waals surface area contributed by atoms with Gasteiger partial charge in [-0.15, -0.1) is 0 Å². The van der Waals surface area contributed by atoms with Gasteiger partial charge in [0.05, 0.1) is 5.92 Å². The number of β-amino-alcohol motifs (C(OH)–C–C–N with tert-alkyl or cyclic N) is 1. The maximum Gasteiger partial charge on any atom is 0.309 e. The monoisotopic (exact) mass is 467 g/mol. The molecule has 1 aliphatic rings. The summed E-state index contributed by atoms with van der Waals surface area (Å²) >= 11 is 3.43. The number of aliphatic carboxylic acids is 1. The number of carboxylic acid groups (broad SMARTS) is 1. The number of anilines is 1. The van der Waals surface area contributed by atoms with Crippen LogP contribution in [0, 0.1) is 5.92 Å². The highest BCUT2D eigenvalue weighted by Gasteiger charge is 2.47. The van der Waals surface area contributed by atoms with Crippen LogP contribution < -0.4 is 5.32 Å². The molecule has 0 bridgehead atoms. The Morgan fingerprint density at radius 3 is 2.14 bits per heavy atom. The van der Waals surface area contributed by atoms with Gasteiger partial charge in [0, 0.05) is 22.3 Å². The molecule has 2 rings (SSSR count). The van der Waals surface area contributed by atoms with Crippen molar-refractivity contribution in [3.05, 3.63) is 28.2 Å². The lowest BCUT2D eigenvalue weighted by molar-refractivity contribution is -0.152. The minimum Gasteiger partial charge on any atom is -0.481 e. The summed E-state index contributed by atoms with van der Waals surface area (Å²) in [5.41, 5.74) is 0.178. The maximum absolute atomic E-state index is 11.9. The van der Waals surface area contributed by atoms with E-state index >= 15 is 0 Å². The summed E-state index contributed by atoms with van der Waals surface area (Å²) in [5, 5.41) is 24.1. The molecule has 0 aliphatic carbocycles. The number of rotatable bonds is 15. The van der Waals surface area contributed by atoms with E-state index in [9.17, 15) is 15.0 Å². The molecule has 0 radical (unpaired) electrons. The first-order valence-corrected chi connectivity index (χ1v) is 12.3. The molecule has 0 saturated heterocycles. The van der Waals surface area contributed by atoms with Crippen molar-refractivity contribution in [1.29, 1.82) is 0 Å². The van der Waals surface area contributed by atoms with Crippen molar-refractivity contribution in [3.63, 3.8) is 0 Å². The Bertz CT molecular complexity index is 637. The first-order valence-electron chi connectivity index (χ1n) is 11.5. The van der Waals surface area contributed by atoms with Crippen LogP contribution in [0.5, 0.6) is 0 Å². The number of nitrogens with one attached hydrogen (secondary N) is 1. The van der Waals surface area contributed by atoms with Crippen LogP contribution in [-0.2, 0) is 10.4 Å². The van der Waals surface area contributed by atoms with E-state index in [1.54, 1.807) is 0 Å². The van der Waals surface area contributed by atoms with Gasteiger partial charge in [-0.2, -0.15) is 0 Å². The second-order valence-electron chi connectivity index (χ2n) is 8.54. The van der Waals surface area contributed by atoms with Crippen LogP contribution in [0.2, 0.25) is 0 Å². The van der Waals surface area contributed by atoms with E-state index in [0.29, 0.717) is 12.0 Å². The Labute approximate surface area is 184 Å². The van der Waals surface area contributed by atoms with Gasteiger partial charge in [-0.25, -0.2) is 0 Å². The third kappa shape index (κ3) is 7.29. The molecule has 164 valence electrons. The number of benzene rings is 1. The van der Waals surface area contributed by atoms with E-state index in [2.05, 4.69) is 28.2 Å². The molecule has 1 aromatic carbocycles. The quantitative estimate of drug-likeness (QED) is 0.246. The predicted molar refractivity (Wildman–Crippen MR) is 123 cm³/mol. The summed E-state index contributed by atoms with van der Waals surface area (Å²) in [7, 11) is 0. The predicted octanol–water partition coefficient (Wildman–Crippen LogP) is 6.85. The van der Waals surface area contributed by atoms with E-state index < -0.39 is 17.5 Å².